The zero-order valence-electron chi connectivity index (χ0n) is 30.2. The van der Waals surface area contributed by atoms with Crippen LogP contribution in [0.1, 0.15) is 71.7 Å². The molecular formula is C38H50N6O5S2. The molecule has 4 rings (SSSR count). The van der Waals surface area contributed by atoms with Crippen LogP contribution < -0.4 is 16.0 Å². The van der Waals surface area contributed by atoms with Gasteiger partial charge < -0.3 is 30.7 Å². The summed E-state index contributed by atoms with van der Waals surface area (Å²) in [4.78, 5) is 51.3. The largest absolute Gasteiger partial charge is 0.444 e. The van der Waals surface area contributed by atoms with Crippen molar-refractivity contribution in [2.45, 2.75) is 97.2 Å². The van der Waals surface area contributed by atoms with Gasteiger partial charge in [-0.3, -0.25) is 4.79 Å². The van der Waals surface area contributed by atoms with Crippen molar-refractivity contribution in [3.05, 3.63) is 104 Å². The van der Waals surface area contributed by atoms with Gasteiger partial charge in [0.05, 0.1) is 39.3 Å². The number of rotatable bonds is 17. The smallest absolute Gasteiger partial charge is 0.407 e. The van der Waals surface area contributed by atoms with Crippen LogP contribution in [-0.2, 0) is 35.5 Å². The third-order valence-electron chi connectivity index (χ3n) is 8.32. The van der Waals surface area contributed by atoms with Gasteiger partial charge in [-0.2, -0.15) is 0 Å². The van der Waals surface area contributed by atoms with E-state index in [0.717, 1.165) is 31.7 Å². The summed E-state index contributed by atoms with van der Waals surface area (Å²) in [5.74, 6) is -0.351. The number of thiazole rings is 2. The standard InChI is InChI=1S/C38H50N6O5S2/c1-24(2)34(43-37(47)44(6)21-30-23-50-36(40-30)25(3)4)35(46)42-32(18-28-15-11-8-12-16-28)33(45)19-29(17-27-13-9-7-10-14-27)41-38(48)49-22-31-20-39-26(5)51-31/h7-16,20,23-25,29,32-34,45H,17-19,21-22H2,1-6H3,(H,41,48)(H,42,46)(H,43,47)/t29-,32-,33-,34?/m0/s1. The van der Waals surface area contributed by atoms with E-state index >= 15 is 0 Å². The summed E-state index contributed by atoms with van der Waals surface area (Å²) in [6, 6.07) is 16.8. The molecule has 0 spiro atoms. The number of hydrogen-bond acceptors (Lipinski definition) is 9. The molecule has 1 unspecified atom stereocenters. The third-order valence-corrected chi connectivity index (χ3v) is 10.4. The number of aliphatic hydroxyl groups excluding tert-OH is 1. The van der Waals surface area contributed by atoms with Crippen LogP contribution in [0.4, 0.5) is 9.59 Å². The highest BCUT2D eigenvalue weighted by atomic mass is 32.1. The van der Waals surface area contributed by atoms with Crippen molar-refractivity contribution in [3.63, 3.8) is 0 Å². The highest BCUT2D eigenvalue weighted by Gasteiger charge is 2.31. The Morgan fingerprint density at radius 2 is 1.57 bits per heavy atom. The second-order valence-electron chi connectivity index (χ2n) is 13.4. The first-order valence-electron chi connectivity index (χ1n) is 17.2. The molecule has 2 aromatic heterocycles. The van der Waals surface area contributed by atoms with Crippen molar-refractivity contribution in [1.29, 1.82) is 0 Å². The maximum Gasteiger partial charge on any atom is 0.407 e. The Labute approximate surface area is 308 Å². The van der Waals surface area contributed by atoms with Gasteiger partial charge in [0.1, 0.15) is 12.6 Å². The van der Waals surface area contributed by atoms with Gasteiger partial charge in [0.2, 0.25) is 5.91 Å². The van der Waals surface area contributed by atoms with E-state index in [4.69, 9.17) is 4.74 Å². The molecule has 51 heavy (non-hydrogen) atoms. The van der Waals surface area contributed by atoms with Crippen molar-refractivity contribution in [3.8, 4) is 0 Å². The van der Waals surface area contributed by atoms with Crippen LogP contribution in [0.2, 0.25) is 0 Å². The van der Waals surface area contributed by atoms with E-state index in [9.17, 15) is 19.5 Å². The number of benzene rings is 2. The SMILES string of the molecule is Cc1ncc(COC(=O)N[C@@H](Cc2ccccc2)C[C@H](O)[C@H](Cc2ccccc2)NC(=O)C(NC(=O)N(C)Cc2csc(C(C)C)n2)C(C)C)s1. The van der Waals surface area contributed by atoms with Crippen molar-refractivity contribution in [2.75, 3.05) is 7.05 Å². The molecule has 2 aromatic carbocycles. The highest BCUT2D eigenvalue weighted by molar-refractivity contribution is 7.11. The molecule has 0 fully saturated rings. The average Bonchev–Trinajstić information content (AvgIpc) is 3.75. The van der Waals surface area contributed by atoms with E-state index in [1.54, 1.807) is 24.6 Å². The average molecular weight is 735 g/mol. The summed E-state index contributed by atoms with van der Waals surface area (Å²) in [5, 5.41) is 24.5. The molecule has 2 heterocycles. The maximum absolute atomic E-state index is 13.9. The Bertz CT molecular complexity index is 1680. The minimum absolute atomic E-state index is 0.0882. The minimum Gasteiger partial charge on any atom is -0.444 e. The van der Waals surface area contributed by atoms with E-state index in [-0.39, 0.29) is 18.9 Å². The fourth-order valence-electron chi connectivity index (χ4n) is 5.54. The summed E-state index contributed by atoms with van der Waals surface area (Å²) in [5.41, 5.74) is 2.68. The van der Waals surface area contributed by atoms with E-state index < -0.39 is 42.3 Å². The second kappa shape index (κ2) is 19.3. The number of aryl methyl sites for hydroxylation is 1. The quantitative estimate of drug-likeness (QED) is 0.101. The molecule has 4 atom stereocenters. The zero-order valence-corrected chi connectivity index (χ0v) is 31.8. The molecule has 4 amide bonds. The molecule has 4 aromatic rings. The maximum atomic E-state index is 13.9. The topological polar surface area (TPSA) is 146 Å². The Balaban J connectivity index is 1.47. The van der Waals surface area contributed by atoms with Crippen LogP contribution in [0.25, 0.3) is 0 Å². The molecular weight excluding hydrogens is 685 g/mol. The minimum atomic E-state index is -1.06. The Morgan fingerprint density at radius 3 is 2.14 bits per heavy atom. The highest BCUT2D eigenvalue weighted by Crippen LogP contribution is 2.20. The van der Waals surface area contributed by atoms with Gasteiger partial charge in [-0.05, 0) is 43.2 Å². The van der Waals surface area contributed by atoms with Gasteiger partial charge in [0.15, 0.2) is 0 Å². The number of aliphatic hydroxyl groups is 1. The number of alkyl carbamates (subject to hydrolysis) is 1. The summed E-state index contributed by atoms with van der Waals surface area (Å²) < 4.78 is 5.50. The van der Waals surface area contributed by atoms with Gasteiger partial charge in [0.25, 0.3) is 0 Å². The molecule has 274 valence electrons. The van der Waals surface area contributed by atoms with Crippen LogP contribution in [0.3, 0.4) is 0 Å². The van der Waals surface area contributed by atoms with Crippen LogP contribution in [0.15, 0.2) is 72.2 Å². The molecule has 0 saturated carbocycles. The molecule has 0 aliphatic heterocycles. The molecule has 13 heteroatoms. The van der Waals surface area contributed by atoms with Gasteiger partial charge >= 0.3 is 12.1 Å². The number of urea groups is 1. The number of amides is 4. The number of hydrogen-bond donors (Lipinski definition) is 4. The number of nitrogens with zero attached hydrogens (tertiary/aromatic N) is 3. The Morgan fingerprint density at radius 1 is 0.922 bits per heavy atom. The first kappa shape index (κ1) is 39.5. The van der Waals surface area contributed by atoms with Gasteiger partial charge in [-0.15, -0.1) is 22.7 Å². The molecule has 0 radical (unpaired) electrons. The van der Waals surface area contributed by atoms with Crippen molar-refractivity contribution >= 4 is 40.7 Å². The van der Waals surface area contributed by atoms with E-state index in [0.29, 0.717) is 25.3 Å². The second-order valence-corrected chi connectivity index (χ2v) is 15.6. The lowest BCUT2D eigenvalue weighted by Gasteiger charge is -2.31. The number of carbonyl (C=O) groups is 3. The Hall–Kier alpha value is -4.33. The fraction of sp³-hybridized carbons (Fsp3) is 0.447. The monoisotopic (exact) mass is 734 g/mol. The van der Waals surface area contributed by atoms with Gasteiger partial charge in [-0.25, -0.2) is 19.6 Å². The first-order valence-corrected chi connectivity index (χ1v) is 18.9. The van der Waals surface area contributed by atoms with Crippen LogP contribution >= 0.6 is 22.7 Å². The molecule has 4 N–H and O–H groups in total. The summed E-state index contributed by atoms with van der Waals surface area (Å²) in [6.45, 7) is 10.2. The number of carbonyl (C=O) groups excluding carboxylic acids is 3. The molecule has 0 bridgehead atoms. The van der Waals surface area contributed by atoms with Gasteiger partial charge in [-0.1, -0.05) is 88.4 Å². The van der Waals surface area contributed by atoms with Crippen LogP contribution in [-0.4, -0.2) is 69.3 Å². The van der Waals surface area contributed by atoms with E-state index in [1.165, 1.54) is 16.2 Å². The van der Waals surface area contributed by atoms with Crippen molar-refractivity contribution < 1.29 is 24.2 Å². The molecule has 0 aliphatic rings. The van der Waals surface area contributed by atoms with E-state index in [2.05, 4.69) is 39.8 Å². The molecule has 0 aliphatic carbocycles. The Kier molecular flexibility index (Phi) is 15.0. The molecule has 0 saturated heterocycles. The van der Waals surface area contributed by atoms with E-state index in [1.807, 2.05) is 86.8 Å². The van der Waals surface area contributed by atoms with Crippen molar-refractivity contribution in [1.82, 2.24) is 30.8 Å². The fourth-order valence-corrected chi connectivity index (χ4v) is 7.08. The molecule has 11 nitrogen and oxygen atoms in total. The first-order chi connectivity index (χ1) is 24.4. The number of aromatic nitrogens is 2. The number of nitrogens with one attached hydrogen (secondary N) is 3. The van der Waals surface area contributed by atoms with Crippen molar-refractivity contribution in [2.24, 2.45) is 5.92 Å². The summed E-state index contributed by atoms with van der Waals surface area (Å²) in [6.07, 6.45) is 0.925. The van der Waals surface area contributed by atoms with Gasteiger partial charge in [0, 0.05) is 30.6 Å². The summed E-state index contributed by atoms with van der Waals surface area (Å²) >= 11 is 3.02. The van der Waals surface area contributed by atoms with Crippen LogP contribution in [0, 0.1) is 12.8 Å². The lowest BCUT2D eigenvalue weighted by atomic mass is 9.93. The lowest BCUT2D eigenvalue weighted by molar-refractivity contribution is -0.125. The predicted octanol–water partition coefficient (Wildman–Crippen LogP) is 6.21. The summed E-state index contributed by atoms with van der Waals surface area (Å²) in [7, 11) is 1.67. The number of ether oxygens (including phenoxy) is 1. The lowest BCUT2D eigenvalue weighted by Crippen LogP contribution is -2.57. The van der Waals surface area contributed by atoms with Crippen LogP contribution in [0.5, 0.6) is 0 Å². The third kappa shape index (κ3) is 12.7. The normalized spacial score (nSPS) is 13.7. The zero-order chi connectivity index (χ0) is 36.9. The predicted molar refractivity (Wildman–Crippen MR) is 202 cm³/mol.